The Morgan fingerprint density at radius 2 is 2.04 bits per heavy atom. The molecule has 0 radical (unpaired) electrons. The van der Waals surface area contributed by atoms with Gasteiger partial charge < -0.3 is 10.4 Å². The van der Waals surface area contributed by atoms with Crippen LogP contribution >= 0.6 is 23.5 Å². The average Bonchev–Trinajstić information content (AvgIpc) is 3.11. The van der Waals surface area contributed by atoms with Crippen LogP contribution in [0.15, 0.2) is 35.2 Å². The van der Waals surface area contributed by atoms with Crippen molar-refractivity contribution in [3.63, 3.8) is 0 Å². The first-order valence-corrected chi connectivity index (χ1v) is 9.87. The number of carbonyl (C=O) groups excluding carboxylic acids is 3. The molecular weight excluding hydrogens is 360 g/mol. The van der Waals surface area contributed by atoms with E-state index in [-0.39, 0.29) is 36.1 Å². The third kappa shape index (κ3) is 4.45. The minimum atomic E-state index is -0.542. The summed E-state index contributed by atoms with van der Waals surface area (Å²) in [6.07, 6.45) is 1.17. The highest BCUT2D eigenvalue weighted by Crippen LogP contribution is 2.32. The summed E-state index contributed by atoms with van der Waals surface area (Å²) >= 11 is 2.47. The van der Waals surface area contributed by atoms with Crippen molar-refractivity contribution in [2.45, 2.75) is 18.6 Å². The van der Waals surface area contributed by atoms with Gasteiger partial charge in [0.15, 0.2) is 0 Å². The molecule has 0 spiro atoms. The predicted molar refractivity (Wildman–Crippen MR) is 99.0 cm³/mol. The molecule has 132 valence electrons. The van der Waals surface area contributed by atoms with E-state index in [1.807, 2.05) is 30.3 Å². The first-order valence-electron chi connectivity index (χ1n) is 7.90. The number of carbonyl (C=O) groups is 3. The second kappa shape index (κ2) is 8.07. The van der Waals surface area contributed by atoms with E-state index >= 15 is 0 Å². The molecule has 2 N–H and O–H groups in total. The minimum Gasteiger partial charge on any atom is -0.390 e. The van der Waals surface area contributed by atoms with Gasteiger partial charge in [-0.3, -0.25) is 19.3 Å². The lowest BCUT2D eigenvalue weighted by Crippen LogP contribution is -2.43. The van der Waals surface area contributed by atoms with E-state index in [1.54, 1.807) is 17.8 Å². The number of nitrogens with one attached hydrogen (secondary N) is 1. The maximum Gasteiger partial charge on any atom is 0.293 e. The van der Waals surface area contributed by atoms with Crippen LogP contribution in [-0.4, -0.2) is 57.3 Å². The summed E-state index contributed by atoms with van der Waals surface area (Å²) in [5.41, 5.74) is 0.846. The van der Waals surface area contributed by atoms with E-state index in [9.17, 15) is 19.5 Å². The third-order valence-corrected chi connectivity index (χ3v) is 6.01. The van der Waals surface area contributed by atoms with Crippen LogP contribution in [0.4, 0.5) is 4.79 Å². The fourth-order valence-electron chi connectivity index (χ4n) is 2.57. The summed E-state index contributed by atoms with van der Waals surface area (Å²) in [4.78, 5) is 37.9. The van der Waals surface area contributed by atoms with E-state index in [2.05, 4.69) is 5.32 Å². The molecule has 0 bridgehead atoms. The summed E-state index contributed by atoms with van der Waals surface area (Å²) in [5, 5.41) is 12.1. The number of amides is 3. The lowest BCUT2D eigenvalue weighted by Gasteiger charge is -2.17. The van der Waals surface area contributed by atoms with Crippen molar-refractivity contribution in [2.24, 2.45) is 0 Å². The lowest BCUT2D eigenvalue weighted by molar-refractivity contribution is -0.124. The molecule has 0 unspecified atom stereocenters. The van der Waals surface area contributed by atoms with Gasteiger partial charge in [-0.15, -0.1) is 0 Å². The molecule has 2 saturated heterocycles. The molecule has 2 fully saturated rings. The second-order valence-corrected chi connectivity index (χ2v) is 7.84. The summed E-state index contributed by atoms with van der Waals surface area (Å²) < 4.78 is 0. The number of thioether (sulfide) groups is 2. The van der Waals surface area contributed by atoms with Crippen LogP contribution in [0.1, 0.15) is 12.0 Å². The molecule has 2 atom stereocenters. The highest BCUT2D eigenvalue weighted by Gasteiger charge is 2.35. The molecule has 1 aromatic rings. The van der Waals surface area contributed by atoms with Crippen LogP contribution in [0.2, 0.25) is 0 Å². The molecule has 2 heterocycles. The van der Waals surface area contributed by atoms with Crippen LogP contribution in [0.3, 0.4) is 0 Å². The molecule has 3 rings (SSSR count). The van der Waals surface area contributed by atoms with E-state index in [1.165, 1.54) is 0 Å². The van der Waals surface area contributed by atoms with Crippen molar-refractivity contribution in [1.29, 1.82) is 0 Å². The number of aliphatic hydroxyl groups excluding tert-OH is 1. The van der Waals surface area contributed by atoms with Crippen molar-refractivity contribution in [3.05, 3.63) is 40.8 Å². The first-order chi connectivity index (χ1) is 12.0. The SMILES string of the molecule is O=C(CCN1C(=O)S/C(=C\c2ccccc2)C1=O)N[C@@H]1CSC[C@H]1O. The Morgan fingerprint density at radius 3 is 2.72 bits per heavy atom. The molecule has 0 saturated carbocycles. The largest absolute Gasteiger partial charge is 0.390 e. The molecule has 0 aromatic heterocycles. The molecule has 0 aliphatic carbocycles. The molecule has 1 aromatic carbocycles. The Kier molecular flexibility index (Phi) is 5.82. The monoisotopic (exact) mass is 378 g/mol. The van der Waals surface area contributed by atoms with Crippen LogP contribution in [0.25, 0.3) is 6.08 Å². The molecule has 2 aliphatic rings. The highest BCUT2D eigenvalue weighted by molar-refractivity contribution is 8.18. The second-order valence-electron chi connectivity index (χ2n) is 5.77. The van der Waals surface area contributed by atoms with Gasteiger partial charge in [-0.1, -0.05) is 30.3 Å². The quantitative estimate of drug-likeness (QED) is 0.759. The number of benzene rings is 1. The van der Waals surface area contributed by atoms with Gasteiger partial charge in [-0.2, -0.15) is 11.8 Å². The number of hydrogen-bond donors (Lipinski definition) is 2. The standard InChI is InChI=1S/C17H18N2O4S2/c20-13-10-24-9-12(13)18-15(21)6-7-19-16(22)14(25-17(19)23)8-11-4-2-1-3-5-11/h1-5,8,12-13,20H,6-7,9-10H2,(H,18,21)/b14-8-/t12-,13-/m1/s1. The summed E-state index contributed by atoms with van der Waals surface area (Å²) in [6.45, 7) is 0.0403. The molecule has 25 heavy (non-hydrogen) atoms. The van der Waals surface area contributed by atoms with Gasteiger partial charge in [0.1, 0.15) is 0 Å². The maximum absolute atomic E-state index is 12.4. The van der Waals surface area contributed by atoms with Crippen LogP contribution in [0, 0.1) is 0 Å². The fourth-order valence-corrected chi connectivity index (χ4v) is 4.60. The summed E-state index contributed by atoms with van der Waals surface area (Å²) in [6, 6.07) is 9.04. The van der Waals surface area contributed by atoms with Crippen LogP contribution in [-0.2, 0) is 9.59 Å². The van der Waals surface area contributed by atoms with Gasteiger partial charge in [0.2, 0.25) is 5.91 Å². The fraction of sp³-hybridized carbons (Fsp3) is 0.353. The normalized spacial score (nSPS) is 25.0. The Hall–Kier alpha value is -1.77. The molecule has 6 nitrogen and oxygen atoms in total. The average molecular weight is 378 g/mol. The van der Waals surface area contributed by atoms with Gasteiger partial charge in [-0.05, 0) is 23.4 Å². The number of hydrogen-bond acceptors (Lipinski definition) is 6. The van der Waals surface area contributed by atoms with Gasteiger partial charge >= 0.3 is 0 Å². The lowest BCUT2D eigenvalue weighted by atomic mass is 10.2. The Bertz CT molecular complexity index is 708. The maximum atomic E-state index is 12.4. The van der Waals surface area contributed by atoms with E-state index in [0.29, 0.717) is 16.4 Å². The van der Waals surface area contributed by atoms with Crippen LogP contribution in [0.5, 0.6) is 0 Å². The zero-order valence-electron chi connectivity index (χ0n) is 13.4. The summed E-state index contributed by atoms with van der Waals surface area (Å²) in [5.74, 6) is 0.646. The number of imide groups is 1. The Labute approximate surface area is 154 Å². The zero-order valence-corrected chi connectivity index (χ0v) is 15.0. The smallest absolute Gasteiger partial charge is 0.293 e. The van der Waals surface area contributed by atoms with Gasteiger partial charge in [0.05, 0.1) is 17.1 Å². The van der Waals surface area contributed by atoms with Crippen LogP contribution < -0.4 is 5.32 Å². The number of nitrogens with zero attached hydrogens (tertiary/aromatic N) is 1. The first kappa shape index (κ1) is 18.0. The predicted octanol–water partition coefficient (Wildman–Crippen LogP) is 1.71. The van der Waals surface area contributed by atoms with E-state index in [0.717, 1.165) is 22.2 Å². The molecule has 2 aliphatic heterocycles. The topological polar surface area (TPSA) is 86.7 Å². The zero-order chi connectivity index (χ0) is 17.8. The Balaban J connectivity index is 1.56. The van der Waals surface area contributed by atoms with Gasteiger partial charge in [0.25, 0.3) is 11.1 Å². The van der Waals surface area contributed by atoms with E-state index < -0.39 is 6.10 Å². The molecule has 3 amide bonds. The van der Waals surface area contributed by atoms with Crippen molar-refractivity contribution in [3.8, 4) is 0 Å². The highest BCUT2D eigenvalue weighted by atomic mass is 32.2. The van der Waals surface area contributed by atoms with E-state index in [4.69, 9.17) is 0 Å². The van der Waals surface area contributed by atoms with Crippen molar-refractivity contribution in [2.75, 3.05) is 18.1 Å². The van der Waals surface area contributed by atoms with Crippen molar-refractivity contribution in [1.82, 2.24) is 10.2 Å². The molecular formula is C17H18N2O4S2. The minimum absolute atomic E-state index is 0.0323. The van der Waals surface area contributed by atoms with Crippen molar-refractivity contribution < 1.29 is 19.5 Å². The third-order valence-electron chi connectivity index (χ3n) is 3.93. The van der Waals surface area contributed by atoms with Gasteiger partial charge in [-0.25, -0.2) is 0 Å². The Morgan fingerprint density at radius 1 is 1.28 bits per heavy atom. The molecule has 8 heteroatoms. The summed E-state index contributed by atoms with van der Waals surface area (Å²) in [7, 11) is 0. The number of aliphatic hydroxyl groups is 1. The van der Waals surface area contributed by atoms with Crippen molar-refractivity contribution >= 4 is 46.7 Å². The van der Waals surface area contributed by atoms with Gasteiger partial charge in [0, 0.05) is 24.5 Å². The number of rotatable bonds is 5.